The third-order valence-electron chi connectivity index (χ3n) is 3.93. The molecular weight excluding hydrogens is 306 g/mol. The van der Waals surface area contributed by atoms with Gasteiger partial charge in [0, 0.05) is 11.1 Å². The van der Waals surface area contributed by atoms with E-state index in [0.29, 0.717) is 16.8 Å². The highest BCUT2D eigenvalue weighted by Crippen LogP contribution is 2.39. The molecule has 0 atom stereocenters. The number of hydrogen-bond donors (Lipinski definition) is 2. The molecule has 24 heavy (non-hydrogen) atoms. The number of ether oxygens (including phenoxy) is 1. The fourth-order valence-corrected chi connectivity index (χ4v) is 2.76. The Labute approximate surface area is 139 Å². The van der Waals surface area contributed by atoms with Crippen LogP contribution in [0.1, 0.15) is 19.5 Å². The lowest BCUT2D eigenvalue weighted by atomic mass is 10.1. The Balaban J connectivity index is 2.42. The molecule has 0 saturated carbocycles. The molecule has 2 N–H and O–H groups in total. The predicted molar refractivity (Wildman–Crippen MR) is 92.9 cm³/mol. The highest BCUT2D eigenvalue weighted by molar-refractivity contribution is 5.96. The molecule has 0 aliphatic heterocycles. The number of rotatable bonds is 3. The van der Waals surface area contributed by atoms with Gasteiger partial charge in [-0.3, -0.25) is 0 Å². The summed E-state index contributed by atoms with van der Waals surface area (Å²) in [4.78, 5) is 11.2. The van der Waals surface area contributed by atoms with Crippen LogP contribution in [0.3, 0.4) is 0 Å². The van der Waals surface area contributed by atoms with Crippen LogP contribution in [0.4, 0.5) is 4.79 Å². The normalized spacial score (nSPS) is 11.7. The van der Waals surface area contributed by atoms with Gasteiger partial charge in [0.1, 0.15) is 5.75 Å². The molecule has 5 heteroatoms. The minimum absolute atomic E-state index is 0.168. The van der Waals surface area contributed by atoms with Crippen LogP contribution in [0.25, 0.3) is 22.2 Å². The maximum atomic E-state index is 11.2. The van der Waals surface area contributed by atoms with E-state index in [-0.39, 0.29) is 5.75 Å². The quantitative estimate of drug-likeness (QED) is 0.678. The SMILES string of the molecule is C/C=C(/C)c1c(OC(=O)O)c2ccccc2n1-c1ccc(O)cc1. The zero-order valence-corrected chi connectivity index (χ0v) is 13.4. The van der Waals surface area contributed by atoms with Gasteiger partial charge in [0.15, 0.2) is 5.75 Å². The average Bonchev–Trinajstić information content (AvgIpc) is 2.89. The fourth-order valence-electron chi connectivity index (χ4n) is 2.76. The summed E-state index contributed by atoms with van der Waals surface area (Å²) in [7, 11) is 0. The van der Waals surface area contributed by atoms with Crippen molar-refractivity contribution in [2.75, 3.05) is 0 Å². The summed E-state index contributed by atoms with van der Waals surface area (Å²) in [6, 6.07) is 14.2. The lowest BCUT2D eigenvalue weighted by Gasteiger charge is -2.12. The van der Waals surface area contributed by atoms with Gasteiger partial charge in [-0.2, -0.15) is 0 Å². The molecule has 0 amide bonds. The zero-order chi connectivity index (χ0) is 17.3. The van der Waals surface area contributed by atoms with Crippen molar-refractivity contribution in [2.45, 2.75) is 13.8 Å². The number of aromatic hydroxyl groups is 1. The van der Waals surface area contributed by atoms with Crippen LogP contribution in [0.2, 0.25) is 0 Å². The van der Waals surface area contributed by atoms with Crippen molar-refractivity contribution >= 4 is 22.6 Å². The first-order valence-corrected chi connectivity index (χ1v) is 7.50. The van der Waals surface area contributed by atoms with Crippen molar-refractivity contribution in [3.63, 3.8) is 0 Å². The molecule has 0 spiro atoms. The molecule has 122 valence electrons. The predicted octanol–water partition coefficient (Wildman–Crippen LogP) is 4.82. The second kappa shape index (κ2) is 6.12. The van der Waals surface area contributed by atoms with Gasteiger partial charge in [0.2, 0.25) is 0 Å². The van der Waals surface area contributed by atoms with Crippen LogP contribution < -0.4 is 4.74 Å². The van der Waals surface area contributed by atoms with Gasteiger partial charge in [0.25, 0.3) is 0 Å². The standard InChI is InChI=1S/C19H17NO4/c1-3-12(2)17-18(24-19(22)23)15-6-4-5-7-16(15)20(17)13-8-10-14(21)11-9-13/h3-11,21H,1-2H3,(H,22,23)/b12-3-. The van der Waals surface area contributed by atoms with Gasteiger partial charge < -0.3 is 19.5 Å². The Morgan fingerprint density at radius 1 is 1.12 bits per heavy atom. The van der Waals surface area contributed by atoms with E-state index >= 15 is 0 Å². The lowest BCUT2D eigenvalue weighted by molar-refractivity contribution is 0.145. The van der Waals surface area contributed by atoms with Crippen molar-refractivity contribution in [2.24, 2.45) is 0 Å². The minimum Gasteiger partial charge on any atom is -0.508 e. The summed E-state index contributed by atoms with van der Waals surface area (Å²) >= 11 is 0. The Morgan fingerprint density at radius 2 is 1.79 bits per heavy atom. The molecule has 3 rings (SSSR count). The van der Waals surface area contributed by atoms with E-state index in [1.807, 2.05) is 48.8 Å². The Kier molecular flexibility index (Phi) is 4.00. The molecule has 1 aromatic heterocycles. The molecule has 5 nitrogen and oxygen atoms in total. The molecule has 3 aromatic rings. The van der Waals surface area contributed by atoms with Gasteiger partial charge in [-0.15, -0.1) is 0 Å². The number of allylic oxidation sites excluding steroid dienone is 2. The van der Waals surface area contributed by atoms with Crippen molar-refractivity contribution in [3.05, 3.63) is 60.3 Å². The third-order valence-corrected chi connectivity index (χ3v) is 3.93. The Morgan fingerprint density at radius 3 is 2.42 bits per heavy atom. The number of carboxylic acid groups (broad SMARTS) is 1. The first-order valence-electron chi connectivity index (χ1n) is 7.50. The molecule has 1 heterocycles. The summed E-state index contributed by atoms with van der Waals surface area (Å²) in [6.45, 7) is 3.79. The summed E-state index contributed by atoms with van der Waals surface area (Å²) < 4.78 is 7.05. The van der Waals surface area contributed by atoms with Gasteiger partial charge in [-0.25, -0.2) is 4.79 Å². The maximum absolute atomic E-state index is 11.2. The molecule has 0 saturated heterocycles. The third kappa shape index (κ3) is 2.60. The smallest absolute Gasteiger partial charge is 0.508 e. The van der Waals surface area contributed by atoms with E-state index in [1.54, 1.807) is 24.3 Å². The number of phenolic OH excluding ortho intramolecular Hbond substituents is 1. The van der Waals surface area contributed by atoms with Gasteiger partial charge in [-0.05, 0) is 55.8 Å². The zero-order valence-electron chi connectivity index (χ0n) is 13.4. The number of carbonyl (C=O) groups is 1. The minimum atomic E-state index is -1.35. The second-order valence-electron chi connectivity index (χ2n) is 5.39. The van der Waals surface area contributed by atoms with Crippen LogP contribution in [-0.4, -0.2) is 20.9 Å². The van der Waals surface area contributed by atoms with Crippen molar-refractivity contribution in [1.82, 2.24) is 4.57 Å². The van der Waals surface area contributed by atoms with Crippen LogP contribution in [0.5, 0.6) is 11.5 Å². The molecule has 0 bridgehead atoms. The molecule has 0 radical (unpaired) electrons. The van der Waals surface area contributed by atoms with E-state index in [9.17, 15) is 9.90 Å². The first kappa shape index (κ1) is 15.7. The molecule has 0 fully saturated rings. The number of benzene rings is 2. The van der Waals surface area contributed by atoms with Crippen molar-refractivity contribution in [3.8, 4) is 17.2 Å². The van der Waals surface area contributed by atoms with Crippen LogP contribution >= 0.6 is 0 Å². The highest BCUT2D eigenvalue weighted by Gasteiger charge is 2.22. The van der Waals surface area contributed by atoms with Crippen molar-refractivity contribution < 1.29 is 19.7 Å². The van der Waals surface area contributed by atoms with E-state index in [4.69, 9.17) is 9.84 Å². The highest BCUT2D eigenvalue weighted by atomic mass is 16.7. The monoisotopic (exact) mass is 323 g/mol. The topological polar surface area (TPSA) is 71.7 Å². The number of fused-ring (bicyclic) bond motifs is 1. The summed E-state index contributed by atoms with van der Waals surface area (Å²) in [5.41, 5.74) is 3.19. The number of phenols is 1. The summed E-state index contributed by atoms with van der Waals surface area (Å²) in [5, 5.41) is 19.4. The van der Waals surface area contributed by atoms with E-state index in [0.717, 1.165) is 16.8 Å². The first-order chi connectivity index (χ1) is 11.5. The second-order valence-corrected chi connectivity index (χ2v) is 5.39. The molecular formula is C19H17NO4. The van der Waals surface area contributed by atoms with Crippen LogP contribution in [0.15, 0.2) is 54.6 Å². The van der Waals surface area contributed by atoms with Gasteiger partial charge in [0.05, 0.1) is 11.2 Å². The summed E-state index contributed by atoms with van der Waals surface area (Å²) in [6.07, 6.45) is 0.550. The largest absolute Gasteiger partial charge is 0.511 e. The molecule has 0 unspecified atom stereocenters. The van der Waals surface area contributed by atoms with E-state index in [1.165, 1.54) is 0 Å². The van der Waals surface area contributed by atoms with Gasteiger partial charge >= 0.3 is 6.16 Å². The van der Waals surface area contributed by atoms with E-state index in [2.05, 4.69) is 0 Å². The van der Waals surface area contributed by atoms with Gasteiger partial charge in [-0.1, -0.05) is 18.2 Å². The molecule has 0 aliphatic carbocycles. The number of para-hydroxylation sites is 1. The van der Waals surface area contributed by atoms with Crippen LogP contribution in [0, 0.1) is 0 Å². The number of hydrogen-bond acceptors (Lipinski definition) is 3. The number of nitrogens with zero attached hydrogens (tertiary/aromatic N) is 1. The van der Waals surface area contributed by atoms with Crippen molar-refractivity contribution in [1.29, 1.82) is 0 Å². The fraction of sp³-hybridized carbons (Fsp3) is 0.105. The average molecular weight is 323 g/mol. The molecule has 0 aliphatic rings. The Bertz CT molecular complexity index is 936. The Hall–Kier alpha value is -3.21. The summed E-state index contributed by atoms with van der Waals surface area (Å²) in [5.74, 6) is 0.475. The van der Waals surface area contributed by atoms with E-state index < -0.39 is 6.16 Å². The maximum Gasteiger partial charge on any atom is 0.511 e. The lowest BCUT2D eigenvalue weighted by Crippen LogP contribution is -2.06. The molecule has 2 aromatic carbocycles. The van der Waals surface area contributed by atoms with Crippen LogP contribution in [-0.2, 0) is 0 Å². The number of aromatic nitrogens is 1.